The summed E-state index contributed by atoms with van der Waals surface area (Å²) < 4.78 is 11.3. The molecule has 2 atom stereocenters. The van der Waals surface area contributed by atoms with Crippen molar-refractivity contribution in [3.63, 3.8) is 0 Å². The van der Waals surface area contributed by atoms with Crippen LogP contribution in [0, 0.1) is 0 Å². The average Bonchev–Trinajstić information content (AvgIpc) is 2.94. The molecule has 0 spiro atoms. The molecule has 0 fully saturated rings. The van der Waals surface area contributed by atoms with Crippen molar-refractivity contribution in [2.45, 2.75) is 25.5 Å². The molecule has 0 aliphatic heterocycles. The quantitative estimate of drug-likeness (QED) is 0.774. The van der Waals surface area contributed by atoms with Crippen molar-refractivity contribution in [1.82, 2.24) is 0 Å². The first kappa shape index (κ1) is 15.5. The summed E-state index contributed by atoms with van der Waals surface area (Å²) in [6.45, 7) is 1.97. The molecule has 1 aromatic heterocycles. The number of hydrogen-bond donors (Lipinski definition) is 1. The lowest BCUT2D eigenvalue weighted by molar-refractivity contribution is 0.145. The molecule has 1 aromatic carbocycles. The normalized spacial score (nSPS) is 14.1. The maximum Gasteiger partial charge on any atom is 0.171 e. The summed E-state index contributed by atoms with van der Waals surface area (Å²) in [6, 6.07) is 6.48. The largest absolute Gasteiger partial charge is 0.479 e. The van der Waals surface area contributed by atoms with Crippen LogP contribution >= 0.6 is 34.8 Å². The molecule has 0 aliphatic carbocycles. The Labute approximate surface area is 132 Å². The van der Waals surface area contributed by atoms with E-state index in [1.54, 1.807) is 18.4 Å². The molecule has 108 valence electrons. The Balaban J connectivity index is 2.31. The highest BCUT2D eigenvalue weighted by atomic mass is 35.5. The Morgan fingerprint density at radius 2 is 1.90 bits per heavy atom. The first-order valence-electron chi connectivity index (χ1n) is 6.13. The lowest BCUT2D eigenvalue weighted by Gasteiger charge is -2.23. The predicted octanol–water partition coefficient (Wildman–Crippen LogP) is 5.10. The van der Waals surface area contributed by atoms with Gasteiger partial charge in [0.25, 0.3) is 0 Å². The molecular formula is C14H14Cl3NO2. The van der Waals surface area contributed by atoms with Gasteiger partial charge < -0.3 is 14.9 Å². The van der Waals surface area contributed by atoms with Crippen molar-refractivity contribution in [2.24, 2.45) is 5.73 Å². The van der Waals surface area contributed by atoms with E-state index in [9.17, 15) is 0 Å². The fourth-order valence-electron chi connectivity index (χ4n) is 1.76. The molecule has 2 unspecified atom stereocenters. The molecule has 0 bridgehead atoms. The van der Waals surface area contributed by atoms with E-state index in [1.165, 1.54) is 6.07 Å². The standard InChI is InChI=1S/C14H14Cl3NO2/c1-2-11(18)14(12-4-3-5-19-12)20-13-7-9(16)8(15)6-10(13)17/h3-7,11,14H,2,18H2,1H3. The predicted molar refractivity (Wildman–Crippen MR) is 81.8 cm³/mol. The van der Waals surface area contributed by atoms with Crippen LogP contribution in [0.3, 0.4) is 0 Å². The minimum absolute atomic E-state index is 0.230. The van der Waals surface area contributed by atoms with Crippen LogP contribution in [0.25, 0.3) is 0 Å². The molecule has 0 amide bonds. The molecule has 20 heavy (non-hydrogen) atoms. The molecule has 0 saturated heterocycles. The number of hydrogen-bond acceptors (Lipinski definition) is 3. The van der Waals surface area contributed by atoms with Gasteiger partial charge in [-0.2, -0.15) is 0 Å². The highest BCUT2D eigenvalue weighted by molar-refractivity contribution is 6.43. The zero-order chi connectivity index (χ0) is 14.7. The molecule has 2 aromatic rings. The Morgan fingerprint density at radius 1 is 1.20 bits per heavy atom. The van der Waals surface area contributed by atoms with Crippen molar-refractivity contribution in [3.8, 4) is 5.75 Å². The summed E-state index contributed by atoms with van der Waals surface area (Å²) in [7, 11) is 0. The van der Waals surface area contributed by atoms with Gasteiger partial charge in [0.1, 0.15) is 11.5 Å². The van der Waals surface area contributed by atoms with Crippen LogP contribution in [0.15, 0.2) is 34.9 Å². The average molecular weight is 335 g/mol. The number of ether oxygens (including phenoxy) is 1. The number of rotatable bonds is 5. The third kappa shape index (κ3) is 3.41. The monoisotopic (exact) mass is 333 g/mol. The Hall–Kier alpha value is -0.870. The van der Waals surface area contributed by atoms with Crippen molar-refractivity contribution in [3.05, 3.63) is 51.4 Å². The van der Waals surface area contributed by atoms with Crippen LogP contribution in [0.4, 0.5) is 0 Å². The van der Waals surface area contributed by atoms with Gasteiger partial charge in [0.05, 0.1) is 21.3 Å². The van der Waals surface area contributed by atoms with Gasteiger partial charge in [-0.15, -0.1) is 0 Å². The number of nitrogens with two attached hydrogens (primary N) is 1. The van der Waals surface area contributed by atoms with Gasteiger partial charge in [-0.25, -0.2) is 0 Å². The topological polar surface area (TPSA) is 48.4 Å². The molecule has 0 aliphatic rings. The van der Waals surface area contributed by atoms with E-state index in [2.05, 4.69) is 0 Å². The van der Waals surface area contributed by atoms with Crippen LogP contribution in [0.5, 0.6) is 5.75 Å². The Bertz CT molecular complexity index is 572. The van der Waals surface area contributed by atoms with E-state index < -0.39 is 6.10 Å². The Morgan fingerprint density at radius 3 is 2.50 bits per heavy atom. The van der Waals surface area contributed by atoms with Crippen molar-refractivity contribution in [2.75, 3.05) is 0 Å². The fourth-order valence-corrected chi connectivity index (χ4v) is 2.34. The summed E-state index contributed by atoms with van der Waals surface area (Å²) in [6.07, 6.45) is 1.86. The zero-order valence-electron chi connectivity index (χ0n) is 10.8. The maximum atomic E-state index is 6.12. The molecule has 1 heterocycles. The molecule has 2 N–H and O–H groups in total. The Kier molecular flexibility index (Phi) is 5.22. The molecule has 3 nitrogen and oxygen atoms in total. The van der Waals surface area contributed by atoms with Gasteiger partial charge in [-0.05, 0) is 24.6 Å². The highest BCUT2D eigenvalue weighted by Crippen LogP contribution is 2.37. The second-order valence-electron chi connectivity index (χ2n) is 4.32. The summed E-state index contributed by atoms with van der Waals surface area (Å²) in [5.41, 5.74) is 6.09. The minimum Gasteiger partial charge on any atom is -0.479 e. The second-order valence-corrected chi connectivity index (χ2v) is 5.54. The van der Waals surface area contributed by atoms with Crippen LogP contribution in [-0.4, -0.2) is 6.04 Å². The first-order chi connectivity index (χ1) is 9.52. The molecule has 0 saturated carbocycles. The fraction of sp³-hybridized carbons (Fsp3) is 0.286. The molecular weight excluding hydrogens is 321 g/mol. The van der Waals surface area contributed by atoms with Crippen LogP contribution < -0.4 is 10.5 Å². The maximum absolute atomic E-state index is 6.12. The van der Waals surface area contributed by atoms with Crippen LogP contribution in [0.2, 0.25) is 15.1 Å². The number of benzene rings is 1. The van der Waals surface area contributed by atoms with E-state index in [0.29, 0.717) is 26.6 Å². The van der Waals surface area contributed by atoms with E-state index in [-0.39, 0.29) is 6.04 Å². The van der Waals surface area contributed by atoms with Crippen molar-refractivity contribution < 1.29 is 9.15 Å². The van der Waals surface area contributed by atoms with Crippen molar-refractivity contribution in [1.29, 1.82) is 0 Å². The third-order valence-corrected chi connectivity index (χ3v) is 3.93. The lowest BCUT2D eigenvalue weighted by atomic mass is 10.1. The number of furan rings is 1. The second kappa shape index (κ2) is 6.72. The van der Waals surface area contributed by atoms with E-state index in [0.717, 1.165) is 6.42 Å². The van der Waals surface area contributed by atoms with Gasteiger partial charge in [0.2, 0.25) is 0 Å². The summed E-state index contributed by atoms with van der Waals surface area (Å²) >= 11 is 18.0. The van der Waals surface area contributed by atoms with Gasteiger partial charge in [0.15, 0.2) is 6.10 Å². The van der Waals surface area contributed by atoms with Gasteiger partial charge >= 0.3 is 0 Å². The van der Waals surface area contributed by atoms with E-state index >= 15 is 0 Å². The smallest absolute Gasteiger partial charge is 0.171 e. The highest BCUT2D eigenvalue weighted by Gasteiger charge is 2.24. The minimum atomic E-state index is -0.440. The SMILES string of the molecule is CCC(N)C(Oc1cc(Cl)c(Cl)cc1Cl)c1ccco1. The van der Waals surface area contributed by atoms with E-state index in [4.69, 9.17) is 49.7 Å². The van der Waals surface area contributed by atoms with E-state index in [1.807, 2.05) is 13.0 Å². The van der Waals surface area contributed by atoms with Gasteiger partial charge in [-0.1, -0.05) is 41.7 Å². The third-order valence-electron chi connectivity index (χ3n) is 2.91. The summed E-state index contributed by atoms with van der Waals surface area (Å²) in [5, 5.41) is 1.12. The molecule has 6 heteroatoms. The first-order valence-corrected chi connectivity index (χ1v) is 7.26. The van der Waals surface area contributed by atoms with Crippen molar-refractivity contribution >= 4 is 34.8 Å². The van der Waals surface area contributed by atoms with Gasteiger partial charge in [0, 0.05) is 12.1 Å². The molecule has 0 radical (unpaired) electrons. The summed E-state index contributed by atoms with van der Waals surface area (Å²) in [5.74, 6) is 1.06. The zero-order valence-corrected chi connectivity index (χ0v) is 13.0. The number of halogens is 3. The van der Waals surface area contributed by atoms with Gasteiger partial charge in [-0.3, -0.25) is 0 Å². The lowest BCUT2D eigenvalue weighted by Crippen LogP contribution is -2.31. The summed E-state index contributed by atoms with van der Waals surface area (Å²) in [4.78, 5) is 0. The van der Waals surface area contributed by atoms with Crippen LogP contribution in [0.1, 0.15) is 25.2 Å². The van der Waals surface area contributed by atoms with Crippen LogP contribution in [-0.2, 0) is 0 Å². The molecule has 2 rings (SSSR count).